The van der Waals surface area contributed by atoms with Crippen LogP contribution in [0.15, 0.2) is 101 Å². The van der Waals surface area contributed by atoms with Gasteiger partial charge in [-0.1, -0.05) is 48.5 Å². The highest BCUT2D eigenvalue weighted by Crippen LogP contribution is 2.50. The van der Waals surface area contributed by atoms with Crippen molar-refractivity contribution in [3.8, 4) is 22.3 Å². The molecule has 4 aliphatic rings. The fourth-order valence-electron chi connectivity index (χ4n) is 8.87. The Morgan fingerprint density at radius 1 is 0.672 bits per heavy atom. The number of methoxy groups -OCH3 is 1. The number of aliphatic imine (C=N–C) groups is 1. The average molecular weight is 933 g/mol. The standard InChI is InChI=1S/C25H24F3NO4.C23H21F3O3.C3H5NO/c1-3-29-23(31)32-21-20(22(30)33-24(21)11-4-5-12-24)19-14-17(10-9-15(19)2)16-7-6-8-18(13-16)25(26,27)28;1-14-8-9-16(15-6-5-7-17(12-15)23(24,25)26)13-18(14)19-20(28-2)22(29-21(19)27)10-3-4-11-22;1-2-4-3-5/h6-10,13-14H,3-5,11-12H2,1-2H3,(H,29,31);5-9,12-13H,3-4,10-11H2,1-2H3;2H2,1H3. The van der Waals surface area contributed by atoms with Crippen molar-refractivity contribution >= 4 is 35.3 Å². The first-order valence-electron chi connectivity index (χ1n) is 21.9. The van der Waals surface area contributed by atoms with Crippen LogP contribution in [0.1, 0.15) is 98.6 Å². The van der Waals surface area contributed by atoms with Crippen molar-refractivity contribution in [2.24, 2.45) is 4.99 Å². The molecule has 2 aliphatic heterocycles. The molecule has 1 amide bonds. The number of nitrogens with one attached hydrogen (secondary N) is 1. The smallest absolute Gasteiger partial charge is 0.416 e. The van der Waals surface area contributed by atoms with Crippen LogP contribution in [0.2, 0.25) is 0 Å². The lowest BCUT2D eigenvalue weighted by Gasteiger charge is -2.24. The fourth-order valence-corrected chi connectivity index (χ4v) is 8.87. The van der Waals surface area contributed by atoms with E-state index in [-0.39, 0.29) is 11.3 Å². The highest BCUT2D eigenvalue weighted by atomic mass is 19.4. The Labute approximate surface area is 384 Å². The van der Waals surface area contributed by atoms with Gasteiger partial charge in [-0.2, -0.15) is 26.3 Å². The van der Waals surface area contributed by atoms with Crippen molar-refractivity contribution in [2.75, 3.05) is 20.2 Å². The largest absolute Gasteiger partial charge is 0.496 e. The van der Waals surface area contributed by atoms with Gasteiger partial charge in [-0.3, -0.25) is 0 Å². The molecule has 354 valence electrons. The van der Waals surface area contributed by atoms with Gasteiger partial charge in [0.2, 0.25) is 6.08 Å². The monoisotopic (exact) mass is 932 g/mol. The average Bonchev–Trinajstić information content (AvgIpc) is 4.08. The molecule has 4 aromatic rings. The van der Waals surface area contributed by atoms with E-state index in [1.807, 2.05) is 6.92 Å². The summed E-state index contributed by atoms with van der Waals surface area (Å²) < 4.78 is 102. The molecule has 16 heteroatoms. The molecule has 2 saturated carbocycles. The molecule has 0 aromatic heterocycles. The van der Waals surface area contributed by atoms with Crippen LogP contribution in [0.4, 0.5) is 31.1 Å². The molecular weight excluding hydrogens is 883 g/mol. The van der Waals surface area contributed by atoms with Crippen LogP contribution < -0.4 is 5.32 Å². The van der Waals surface area contributed by atoms with Crippen molar-refractivity contribution in [1.82, 2.24) is 5.32 Å². The van der Waals surface area contributed by atoms with Crippen LogP contribution >= 0.6 is 0 Å². The number of aryl methyl sites for hydroxylation is 2. The summed E-state index contributed by atoms with van der Waals surface area (Å²) in [7, 11) is 1.53. The van der Waals surface area contributed by atoms with E-state index in [1.54, 1.807) is 69.3 Å². The van der Waals surface area contributed by atoms with Gasteiger partial charge in [0.15, 0.2) is 22.7 Å². The second kappa shape index (κ2) is 20.5. The molecule has 4 aromatic carbocycles. The maximum Gasteiger partial charge on any atom is 0.416 e. The maximum absolute atomic E-state index is 13.2. The maximum atomic E-state index is 13.2. The fraction of sp³-hybridized carbons (Fsp3) is 0.373. The summed E-state index contributed by atoms with van der Waals surface area (Å²) in [5.74, 6) is -0.321. The molecule has 1 N–H and O–H groups in total. The number of ether oxygens (including phenoxy) is 4. The number of hydrogen-bond acceptors (Lipinski definition) is 9. The number of benzene rings is 4. The Morgan fingerprint density at radius 2 is 1.09 bits per heavy atom. The van der Waals surface area contributed by atoms with E-state index in [2.05, 4.69) is 10.3 Å². The van der Waals surface area contributed by atoms with E-state index in [0.717, 1.165) is 68.4 Å². The zero-order valence-corrected chi connectivity index (χ0v) is 37.6. The quantitative estimate of drug-likeness (QED) is 0.0608. The summed E-state index contributed by atoms with van der Waals surface area (Å²) in [6, 6.07) is 20.6. The number of halogens is 6. The van der Waals surface area contributed by atoms with Gasteiger partial charge in [-0.05, 0) is 160 Å². The number of alkyl carbamates (subject to hydrolysis) is 1. The Hall–Kier alpha value is -6.67. The topological polar surface area (TPSA) is 130 Å². The second-order valence-corrected chi connectivity index (χ2v) is 16.5. The molecule has 2 aliphatic carbocycles. The second-order valence-electron chi connectivity index (χ2n) is 16.5. The van der Waals surface area contributed by atoms with E-state index in [0.29, 0.717) is 76.2 Å². The predicted octanol–water partition coefficient (Wildman–Crippen LogP) is 12.3. The van der Waals surface area contributed by atoms with Gasteiger partial charge >= 0.3 is 30.4 Å². The number of rotatable bonds is 8. The van der Waals surface area contributed by atoms with E-state index < -0.39 is 52.7 Å². The number of carbonyl (C=O) groups excluding carboxylic acids is 4. The van der Waals surface area contributed by atoms with Crippen LogP contribution in [-0.2, 0) is 45.7 Å². The first kappa shape index (κ1) is 49.8. The summed E-state index contributed by atoms with van der Waals surface area (Å²) in [4.78, 5) is 50.4. The number of isocyanates is 1. The molecule has 8 rings (SSSR count). The number of alkyl halides is 6. The van der Waals surface area contributed by atoms with Gasteiger partial charge in [0, 0.05) is 13.1 Å². The van der Waals surface area contributed by atoms with Gasteiger partial charge < -0.3 is 24.3 Å². The molecule has 0 unspecified atom stereocenters. The number of hydrogen-bond donors (Lipinski definition) is 1. The Bertz CT molecular complexity index is 2630. The highest BCUT2D eigenvalue weighted by molar-refractivity contribution is 6.21. The van der Waals surface area contributed by atoms with E-state index in [9.17, 15) is 40.7 Å². The molecule has 0 radical (unpaired) electrons. The highest BCUT2D eigenvalue weighted by Gasteiger charge is 2.53. The molecular formula is C51H50F6N2O8. The van der Waals surface area contributed by atoms with Crippen LogP contribution in [0.25, 0.3) is 33.4 Å². The third-order valence-corrected chi connectivity index (χ3v) is 12.1. The lowest BCUT2D eigenvalue weighted by molar-refractivity contribution is -0.147. The summed E-state index contributed by atoms with van der Waals surface area (Å²) in [5.41, 5.74) is 1.90. The van der Waals surface area contributed by atoms with Gasteiger partial charge in [0.1, 0.15) is 11.1 Å². The first-order valence-corrected chi connectivity index (χ1v) is 21.9. The number of amides is 1. The molecule has 0 atom stereocenters. The zero-order valence-electron chi connectivity index (χ0n) is 37.6. The molecule has 2 spiro atoms. The van der Waals surface area contributed by atoms with Crippen LogP contribution in [-0.4, -0.2) is 55.5 Å². The summed E-state index contributed by atoms with van der Waals surface area (Å²) >= 11 is 0. The van der Waals surface area contributed by atoms with E-state index >= 15 is 0 Å². The molecule has 0 saturated heterocycles. The third-order valence-electron chi connectivity index (χ3n) is 12.1. The normalized spacial score (nSPS) is 17.0. The minimum absolute atomic E-state index is 0.148. The number of nitrogens with zero attached hydrogens (tertiary/aromatic N) is 1. The summed E-state index contributed by atoms with van der Waals surface area (Å²) in [6.45, 7) is 8.08. The van der Waals surface area contributed by atoms with Gasteiger partial charge in [0.05, 0.1) is 18.2 Å². The predicted molar refractivity (Wildman–Crippen MR) is 237 cm³/mol. The van der Waals surface area contributed by atoms with Gasteiger partial charge in [-0.15, -0.1) is 0 Å². The number of esters is 2. The van der Waals surface area contributed by atoms with Crippen molar-refractivity contribution in [2.45, 2.75) is 103 Å². The lowest BCUT2D eigenvalue weighted by Crippen LogP contribution is -2.33. The number of carbonyl (C=O) groups is 3. The SMILES string of the molecule is CCN=C=O.CCNC(=O)OC1=C(c2cc(-c3cccc(C(F)(F)F)c3)ccc2C)C(=O)OC12CCCC2.COC1=C(c2cc(-c3cccc(C(F)(F)F)c3)ccc2C)C(=O)OC12CCCC2. The molecule has 2 heterocycles. The molecule has 10 nitrogen and oxygen atoms in total. The molecule has 2 fully saturated rings. The Morgan fingerprint density at radius 3 is 1.46 bits per heavy atom. The van der Waals surface area contributed by atoms with Crippen LogP contribution in [0.5, 0.6) is 0 Å². The Kier molecular flexibility index (Phi) is 15.2. The van der Waals surface area contributed by atoms with Crippen molar-refractivity contribution in [3.63, 3.8) is 0 Å². The van der Waals surface area contributed by atoms with Crippen molar-refractivity contribution in [1.29, 1.82) is 0 Å². The Balaban J connectivity index is 0.000000202. The van der Waals surface area contributed by atoms with Gasteiger partial charge in [0.25, 0.3) is 0 Å². The minimum atomic E-state index is -4.47. The van der Waals surface area contributed by atoms with E-state index in [4.69, 9.17) is 23.7 Å². The third kappa shape index (κ3) is 10.8. The van der Waals surface area contributed by atoms with Crippen molar-refractivity contribution < 1.29 is 64.5 Å². The minimum Gasteiger partial charge on any atom is -0.496 e. The van der Waals surface area contributed by atoms with Crippen molar-refractivity contribution in [3.05, 3.63) is 130 Å². The van der Waals surface area contributed by atoms with E-state index in [1.165, 1.54) is 25.3 Å². The molecule has 67 heavy (non-hydrogen) atoms. The van der Waals surface area contributed by atoms with Crippen LogP contribution in [0, 0.1) is 13.8 Å². The summed E-state index contributed by atoms with van der Waals surface area (Å²) in [6.07, 6.45) is -2.08. The van der Waals surface area contributed by atoms with Crippen LogP contribution in [0.3, 0.4) is 0 Å². The summed E-state index contributed by atoms with van der Waals surface area (Å²) in [5, 5.41) is 2.57. The lowest BCUT2D eigenvalue weighted by atomic mass is 9.91. The molecule has 0 bridgehead atoms. The first-order chi connectivity index (χ1) is 31.8. The zero-order chi connectivity index (χ0) is 48.7. The van der Waals surface area contributed by atoms with Gasteiger partial charge in [-0.25, -0.2) is 24.2 Å².